The van der Waals surface area contributed by atoms with Gasteiger partial charge in [0.15, 0.2) is 4.67 Å². The highest BCUT2D eigenvalue weighted by atomic mass is 79.9. The van der Waals surface area contributed by atoms with Gasteiger partial charge in [-0.05, 0) is 47.7 Å². The molecule has 1 rings (SSSR count). The van der Waals surface area contributed by atoms with Gasteiger partial charge in [-0.15, -0.1) is 0 Å². The van der Waals surface area contributed by atoms with Gasteiger partial charge in [-0.3, -0.25) is 4.79 Å². The fourth-order valence-corrected chi connectivity index (χ4v) is 2.62. The SMILES string of the molecule is CC(C)(C)CC(C)(C)NC(=O)c1ccoc1Br. The summed E-state index contributed by atoms with van der Waals surface area (Å²) in [7, 11) is 0. The van der Waals surface area contributed by atoms with E-state index < -0.39 is 0 Å². The third-order valence-electron chi connectivity index (χ3n) is 2.29. The summed E-state index contributed by atoms with van der Waals surface area (Å²) in [5.74, 6) is -0.111. The number of amides is 1. The topological polar surface area (TPSA) is 42.2 Å². The van der Waals surface area contributed by atoms with Gasteiger partial charge < -0.3 is 9.73 Å². The summed E-state index contributed by atoms with van der Waals surface area (Å²) in [4.78, 5) is 12.0. The van der Waals surface area contributed by atoms with Gasteiger partial charge in [-0.25, -0.2) is 0 Å². The molecule has 96 valence electrons. The van der Waals surface area contributed by atoms with Crippen LogP contribution in [0.5, 0.6) is 0 Å². The Labute approximate surface area is 111 Å². The summed E-state index contributed by atoms with van der Waals surface area (Å²) in [6.07, 6.45) is 2.40. The molecule has 0 radical (unpaired) electrons. The normalized spacial score (nSPS) is 12.6. The van der Waals surface area contributed by atoms with Crippen molar-refractivity contribution in [1.29, 1.82) is 0 Å². The van der Waals surface area contributed by atoms with E-state index >= 15 is 0 Å². The minimum Gasteiger partial charge on any atom is -0.457 e. The quantitative estimate of drug-likeness (QED) is 0.917. The number of halogens is 1. The van der Waals surface area contributed by atoms with Crippen LogP contribution in [0.15, 0.2) is 21.4 Å². The van der Waals surface area contributed by atoms with Crippen LogP contribution >= 0.6 is 15.9 Å². The molecule has 17 heavy (non-hydrogen) atoms. The molecule has 4 heteroatoms. The molecule has 0 saturated carbocycles. The number of nitrogens with one attached hydrogen (secondary N) is 1. The molecule has 3 nitrogen and oxygen atoms in total. The van der Waals surface area contributed by atoms with Crippen molar-refractivity contribution in [3.63, 3.8) is 0 Å². The van der Waals surface area contributed by atoms with Crippen molar-refractivity contribution in [1.82, 2.24) is 5.32 Å². The van der Waals surface area contributed by atoms with Gasteiger partial charge in [0.25, 0.3) is 5.91 Å². The van der Waals surface area contributed by atoms with E-state index in [1.54, 1.807) is 6.07 Å². The molecule has 0 spiro atoms. The maximum atomic E-state index is 12.0. The second-order valence-electron chi connectivity index (χ2n) is 6.18. The highest BCUT2D eigenvalue weighted by molar-refractivity contribution is 9.10. The maximum absolute atomic E-state index is 12.0. The zero-order chi connectivity index (χ0) is 13.3. The number of hydrogen-bond donors (Lipinski definition) is 1. The van der Waals surface area contributed by atoms with Gasteiger partial charge in [-0.1, -0.05) is 20.8 Å². The highest BCUT2D eigenvalue weighted by Crippen LogP contribution is 2.27. The first-order valence-electron chi connectivity index (χ1n) is 5.66. The van der Waals surface area contributed by atoms with Crippen LogP contribution in [0, 0.1) is 5.41 Å². The Morgan fingerprint density at radius 3 is 2.35 bits per heavy atom. The second-order valence-corrected chi connectivity index (χ2v) is 6.90. The highest BCUT2D eigenvalue weighted by Gasteiger charge is 2.28. The van der Waals surface area contributed by atoms with E-state index in [9.17, 15) is 4.79 Å². The largest absolute Gasteiger partial charge is 0.457 e. The van der Waals surface area contributed by atoms with E-state index in [4.69, 9.17) is 4.42 Å². The van der Waals surface area contributed by atoms with Crippen molar-refractivity contribution in [3.8, 4) is 0 Å². The fraction of sp³-hybridized carbons (Fsp3) is 0.615. The molecular formula is C13H20BrNO2. The lowest BCUT2D eigenvalue weighted by Gasteiger charge is -2.33. The van der Waals surface area contributed by atoms with Crippen LogP contribution in [0.25, 0.3) is 0 Å². The molecule has 1 heterocycles. The zero-order valence-electron chi connectivity index (χ0n) is 11.1. The lowest BCUT2D eigenvalue weighted by atomic mass is 9.81. The maximum Gasteiger partial charge on any atom is 0.256 e. The van der Waals surface area contributed by atoms with Crippen molar-refractivity contribution in [2.75, 3.05) is 0 Å². The van der Waals surface area contributed by atoms with E-state index in [2.05, 4.69) is 42.0 Å². The van der Waals surface area contributed by atoms with E-state index in [0.29, 0.717) is 10.2 Å². The fourth-order valence-electron chi connectivity index (χ4n) is 2.20. The van der Waals surface area contributed by atoms with Gasteiger partial charge in [0.1, 0.15) is 0 Å². The van der Waals surface area contributed by atoms with Crippen molar-refractivity contribution in [2.45, 2.75) is 46.6 Å². The first kappa shape index (κ1) is 14.3. The molecule has 1 aromatic rings. The number of furan rings is 1. The minimum absolute atomic E-state index is 0.111. The van der Waals surface area contributed by atoms with Gasteiger partial charge in [0, 0.05) is 5.54 Å². The number of carbonyl (C=O) groups is 1. The third kappa shape index (κ3) is 4.54. The summed E-state index contributed by atoms with van der Waals surface area (Å²) in [5, 5.41) is 3.03. The molecule has 0 fully saturated rings. The Hall–Kier alpha value is -0.770. The first-order chi connectivity index (χ1) is 7.61. The predicted octanol–water partition coefficient (Wildman–Crippen LogP) is 3.99. The lowest BCUT2D eigenvalue weighted by Crippen LogP contribution is -2.45. The van der Waals surface area contributed by atoms with Gasteiger partial charge in [0.05, 0.1) is 11.8 Å². The van der Waals surface area contributed by atoms with Crippen molar-refractivity contribution in [2.24, 2.45) is 5.41 Å². The van der Waals surface area contributed by atoms with Crippen LogP contribution in [0.2, 0.25) is 0 Å². The standard InChI is InChI=1S/C13H20BrNO2/c1-12(2,3)8-13(4,5)15-11(16)9-6-7-17-10(9)14/h6-7H,8H2,1-5H3,(H,15,16). The van der Waals surface area contributed by atoms with Crippen LogP contribution < -0.4 is 5.32 Å². The summed E-state index contributed by atoms with van der Waals surface area (Å²) >= 11 is 3.21. The van der Waals surface area contributed by atoms with Gasteiger partial charge in [-0.2, -0.15) is 0 Å². The van der Waals surface area contributed by atoms with E-state index in [-0.39, 0.29) is 16.9 Å². The average Bonchev–Trinajstić information content (AvgIpc) is 2.44. The lowest BCUT2D eigenvalue weighted by molar-refractivity contribution is 0.0889. The molecule has 0 aliphatic carbocycles. The number of carbonyl (C=O) groups excluding carboxylic acids is 1. The zero-order valence-corrected chi connectivity index (χ0v) is 12.6. The summed E-state index contributed by atoms with van der Waals surface area (Å²) in [6, 6.07) is 1.66. The Balaban J connectivity index is 2.72. The Morgan fingerprint density at radius 2 is 1.94 bits per heavy atom. The van der Waals surface area contributed by atoms with Crippen LogP contribution in [-0.4, -0.2) is 11.4 Å². The predicted molar refractivity (Wildman–Crippen MR) is 72.0 cm³/mol. The van der Waals surface area contributed by atoms with Crippen LogP contribution in [0.1, 0.15) is 51.4 Å². The van der Waals surface area contributed by atoms with Crippen molar-refractivity contribution in [3.05, 3.63) is 22.6 Å². The molecule has 1 amide bonds. The van der Waals surface area contributed by atoms with Crippen LogP contribution in [-0.2, 0) is 0 Å². The van der Waals surface area contributed by atoms with Crippen LogP contribution in [0.3, 0.4) is 0 Å². The van der Waals surface area contributed by atoms with Crippen molar-refractivity contribution < 1.29 is 9.21 Å². The summed E-state index contributed by atoms with van der Waals surface area (Å²) in [5.41, 5.74) is 0.461. The molecule has 0 aromatic carbocycles. The molecule has 0 saturated heterocycles. The minimum atomic E-state index is -0.244. The molecule has 0 unspecified atom stereocenters. The molecule has 0 atom stereocenters. The molecule has 0 aliphatic heterocycles. The Kier molecular flexibility index (Phi) is 4.07. The first-order valence-corrected chi connectivity index (χ1v) is 6.46. The molecule has 1 N–H and O–H groups in total. The van der Waals surface area contributed by atoms with Crippen LogP contribution in [0.4, 0.5) is 0 Å². The Morgan fingerprint density at radius 1 is 1.35 bits per heavy atom. The van der Waals surface area contributed by atoms with E-state index in [1.807, 2.05) is 13.8 Å². The van der Waals surface area contributed by atoms with Gasteiger partial charge in [0.2, 0.25) is 0 Å². The van der Waals surface area contributed by atoms with Gasteiger partial charge >= 0.3 is 0 Å². The van der Waals surface area contributed by atoms with E-state index in [0.717, 1.165) is 6.42 Å². The molecular weight excluding hydrogens is 282 g/mol. The summed E-state index contributed by atoms with van der Waals surface area (Å²) < 4.78 is 5.53. The number of rotatable bonds is 3. The smallest absolute Gasteiger partial charge is 0.256 e. The van der Waals surface area contributed by atoms with E-state index in [1.165, 1.54) is 6.26 Å². The third-order valence-corrected chi connectivity index (χ3v) is 2.90. The number of hydrogen-bond acceptors (Lipinski definition) is 2. The average molecular weight is 302 g/mol. The summed E-state index contributed by atoms with van der Waals surface area (Å²) in [6.45, 7) is 10.5. The molecule has 0 bridgehead atoms. The monoisotopic (exact) mass is 301 g/mol. The Bertz CT molecular complexity index is 402. The molecule has 1 aromatic heterocycles. The van der Waals surface area contributed by atoms with Crippen molar-refractivity contribution >= 4 is 21.8 Å². The molecule has 0 aliphatic rings. The second kappa shape index (κ2) is 4.84.